The molecule has 2 N–H and O–H groups in total. The Labute approximate surface area is 143 Å². The van der Waals surface area contributed by atoms with Crippen molar-refractivity contribution in [2.45, 2.75) is 19.4 Å². The van der Waals surface area contributed by atoms with Crippen LogP contribution in [-0.4, -0.2) is 6.61 Å². The Kier molecular flexibility index (Phi) is 5.94. The predicted molar refractivity (Wildman–Crippen MR) is 92.4 cm³/mol. The van der Waals surface area contributed by atoms with Crippen molar-refractivity contribution in [3.8, 4) is 5.75 Å². The highest BCUT2D eigenvalue weighted by Gasteiger charge is 2.15. The Bertz CT molecular complexity index is 616. The number of nitrogens with two attached hydrogens (primary N) is 1. The topological polar surface area (TPSA) is 35.2 Å². The molecule has 2 rings (SSSR count). The first kappa shape index (κ1) is 16.6. The van der Waals surface area contributed by atoms with Crippen LogP contribution in [0.1, 0.15) is 24.1 Å². The van der Waals surface area contributed by atoms with E-state index in [0.29, 0.717) is 28.8 Å². The largest absolute Gasteiger partial charge is 0.492 e. The van der Waals surface area contributed by atoms with Gasteiger partial charge < -0.3 is 10.5 Å². The number of halogens is 3. The van der Waals surface area contributed by atoms with Crippen molar-refractivity contribution in [2.75, 3.05) is 6.61 Å². The third kappa shape index (κ3) is 4.36. The average molecular weight is 389 g/mol. The van der Waals surface area contributed by atoms with Crippen LogP contribution in [0, 0.1) is 0 Å². The molecule has 0 spiro atoms. The Morgan fingerprint density at radius 2 is 1.81 bits per heavy atom. The summed E-state index contributed by atoms with van der Waals surface area (Å²) < 4.78 is 6.46. The highest BCUT2D eigenvalue weighted by molar-refractivity contribution is 9.10. The van der Waals surface area contributed by atoms with Crippen LogP contribution in [0.2, 0.25) is 10.0 Å². The molecule has 0 radical (unpaired) electrons. The number of hydrogen-bond acceptors (Lipinski definition) is 2. The number of hydrogen-bond donors (Lipinski definition) is 1. The molecular weight excluding hydrogens is 373 g/mol. The quantitative estimate of drug-likeness (QED) is 0.744. The van der Waals surface area contributed by atoms with E-state index >= 15 is 0 Å². The summed E-state index contributed by atoms with van der Waals surface area (Å²) in [5.41, 5.74) is 8.24. The first-order chi connectivity index (χ1) is 10.0. The first-order valence-electron chi connectivity index (χ1n) is 6.63. The van der Waals surface area contributed by atoms with E-state index in [1.165, 1.54) is 0 Å². The number of benzene rings is 2. The highest BCUT2D eigenvalue weighted by Crippen LogP contribution is 2.34. The van der Waals surface area contributed by atoms with Gasteiger partial charge in [-0.25, -0.2) is 0 Å². The van der Waals surface area contributed by atoms with Crippen LogP contribution in [0.5, 0.6) is 5.75 Å². The summed E-state index contributed by atoms with van der Waals surface area (Å²) in [6.45, 7) is 2.44. The molecule has 2 nitrogen and oxygen atoms in total. The van der Waals surface area contributed by atoms with Crippen LogP contribution in [0.25, 0.3) is 0 Å². The van der Waals surface area contributed by atoms with Gasteiger partial charge >= 0.3 is 0 Å². The van der Waals surface area contributed by atoms with E-state index in [-0.39, 0.29) is 6.04 Å². The van der Waals surface area contributed by atoms with Gasteiger partial charge in [0.2, 0.25) is 0 Å². The van der Waals surface area contributed by atoms with Gasteiger partial charge in [0.05, 0.1) is 11.6 Å². The van der Waals surface area contributed by atoms with E-state index in [1.807, 2.05) is 31.2 Å². The second-order valence-electron chi connectivity index (χ2n) is 4.67. The van der Waals surface area contributed by atoms with Crippen LogP contribution < -0.4 is 10.5 Å². The molecule has 2 aromatic carbocycles. The smallest absolute Gasteiger partial charge is 0.139 e. The fraction of sp³-hybridized carbons (Fsp3) is 0.250. The molecule has 1 atom stereocenters. The summed E-state index contributed by atoms with van der Waals surface area (Å²) in [5.74, 6) is 0.587. The van der Waals surface area contributed by atoms with E-state index in [2.05, 4.69) is 15.9 Å². The van der Waals surface area contributed by atoms with Gasteiger partial charge in [-0.3, -0.25) is 0 Å². The standard InChI is InChI=1S/C16H16BrCl2NO/c1-2-21-16-9-13(18)12(8-14(16)19)15(20)7-10-3-5-11(17)6-4-10/h3-6,8-9,15H,2,7,20H2,1H3. The minimum atomic E-state index is -0.216. The van der Waals surface area contributed by atoms with E-state index in [0.717, 1.165) is 15.6 Å². The average Bonchev–Trinajstić information content (AvgIpc) is 2.45. The van der Waals surface area contributed by atoms with Gasteiger partial charge in [-0.1, -0.05) is 51.3 Å². The molecule has 0 aliphatic heterocycles. The van der Waals surface area contributed by atoms with Crippen LogP contribution in [0.4, 0.5) is 0 Å². The molecule has 112 valence electrons. The van der Waals surface area contributed by atoms with Crippen molar-refractivity contribution >= 4 is 39.1 Å². The van der Waals surface area contributed by atoms with Gasteiger partial charge in [0, 0.05) is 21.6 Å². The molecule has 0 bridgehead atoms. The predicted octanol–water partition coefficient (Wildman–Crippen LogP) is 5.40. The van der Waals surface area contributed by atoms with Crippen molar-refractivity contribution in [3.05, 3.63) is 62.0 Å². The summed E-state index contributed by atoms with van der Waals surface area (Å²) in [6, 6.07) is 11.4. The maximum absolute atomic E-state index is 6.30. The minimum absolute atomic E-state index is 0.216. The number of ether oxygens (including phenoxy) is 1. The molecule has 0 aromatic heterocycles. The molecule has 21 heavy (non-hydrogen) atoms. The Morgan fingerprint density at radius 3 is 2.43 bits per heavy atom. The maximum Gasteiger partial charge on any atom is 0.139 e. The third-order valence-electron chi connectivity index (χ3n) is 3.12. The van der Waals surface area contributed by atoms with Gasteiger partial charge in [-0.15, -0.1) is 0 Å². The van der Waals surface area contributed by atoms with E-state index in [1.54, 1.807) is 12.1 Å². The number of rotatable bonds is 5. The molecule has 0 saturated carbocycles. The van der Waals surface area contributed by atoms with Gasteiger partial charge in [-0.05, 0) is 42.7 Å². The molecule has 0 saturated heterocycles. The van der Waals surface area contributed by atoms with Crippen LogP contribution in [0.15, 0.2) is 40.9 Å². The fourth-order valence-electron chi connectivity index (χ4n) is 2.08. The van der Waals surface area contributed by atoms with Crippen molar-refractivity contribution in [1.29, 1.82) is 0 Å². The SMILES string of the molecule is CCOc1cc(Cl)c(C(N)Cc2ccc(Br)cc2)cc1Cl. The summed E-state index contributed by atoms with van der Waals surface area (Å²) in [6.07, 6.45) is 0.692. The molecule has 5 heteroatoms. The lowest BCUT2D eigenvalue weighted by Gasteiger charge is -2.16. The van der Waals surface area contributed by atoms with Crippen molar-refractivity contribution in [2.24, 2.45) is 5.73 Å². The molecule has 0 aliphatic rings. The van der Waals surface area contributed by atoms with Gasteiger partial charge in [0.1, 0.15) is 5.75 Å². The lowest BCUT2D eigenvalue weighted by atomic mass is 9.99. The van der Waals surface area contributed by atoms with E-state index in [9.17, 15) is 0 Å². The molecule has 0 fully saturated rings. The van der Waals surface area contributed by atoms with Crippen LogP contribution in [0.3, 0.4) is 0 Å². The normalized spacial score (nSPS) is 12.2. The van der Waals surface area contributed by atoms with E-state index in [4.69, 9.17) is 33.7 Å². The molecule has 2 aromatic rings. The van der Waals surface area contributed by atoms with Gasteiger partial charge in [-0.2, -0.15) is 0 Å². The second-order valence-corrected chi connectivity index (χ2v) is 6.40. The Morgan fingerprint density at radius 1 is 1.14 bits per heavy atom. The summed E-state index contributed by atoms with van der Waals surface area (Å²) in [4.78, 5) is 0. The van der Waals surface area contributed by atoms with Crippen LogP contribution >= 0.6 is 39.1 Å². The second kappa shape index (κ2) is 7.50. The fourth-order valence-corrected chi connectivity index (χ4v) is 2.86. The lowest BCUT2D eigenvalue weighted by molar-refractivity contribution is 0.340. The maximum atomic E-state index is 6.30. The van der Waals surface area contributed by atoms with Gasteiger partial charge in [0.25, 0.3) is 0 Å². The van der Waals surface area contributed by atoms with Crippen molar-refractivity contribution < 1.29 is 4.74 Å². The molecule has 0 amide bonds. The van der Waals surface area contributed by atoms with E-state index < -0.39 is 0 Å². The monoisotopic (exact) mass is 387 g/mol. The highest BCUT2D eigenvalue weighted by atomic mass is 79.9. The summed E-state index contributed by atoms with van der Waals surface area (Å²) in [5, 5.41) is 1.11. The first-order valence-corrected chi connectivity index (χ1v) is 8.18. The Balaban J connectivity index is 2.20. The molecule has 0 heterocycles. The zero-order chi connectivity index (χ0) is 15.4. The third-order valence-corrected chi connectivity index (χ3v) is 4.27. The molecule has 0 aliphatic carbocycles. The lowest BCUT2D eigenvalue weighted by Crippen LogP contribution is -2.14. The zero-order valence-corrected chi connectivity index (χ0v) is 14.7. The Hall–Kier alpha value is -0.740. The molecular formula is C16H16BrCl2NO. The van der Waals surface area contributed by atoms with Crippen molar-refractivity contribution in [3.63, 3.8) is 0 Å². The van der Waals surface area contributed by atoms with Crippen LogP contribution in [-0.2, 0) is 6.42 Å². The van der Waals surface area contributed by atoms with Gasteiger partial charge in [0.15, 0.2) is 0 Å². The summed E-state index contributed by atoms with van der Waals surface area (Å²) in [7, 11) is 0. The minimum Gasteiger partial charge on any atom is -0.492 e. The molecule has 1 unspecified atom stereocenters. The zero-order valence-electron chi connectivity index (χ0n) is 11.6. The van der Waals surface area contributed by atoms with Crippen molar-refractivity contribution in [1.82, 2.24) is 0 Å². The summed E-state index contributed by atoms with van der Waals surface area (Å²) >= 11 is 15.9.